The number of benzene rings is 2. The Morgan fingerprint density at radius 3 is 2.33 bits per heavy atom. The molecule has 3 rings (SSSR count). The van der Waals surface area contributed by atoms with Gasteiger partial charge in [-0.05, 0) is 68.3 Å². The molecule has 0 heterocycles. The lowest BCUT2D eigenvalue weighted by atomic mass is 9.63. The summed E-state index contributed by atoms with van der Waals surface area (Å²) in [6, 6.07) is 22.0. The predicted molar refractivity (Wildman–Crippen MR) is 127 cm³/mol. The van der Waals surface area contributed by atoms with Gasteiger partial charge in [0.25, 0.3) is 0 Å². The molecule has 3 heteroatoms. The molecule has 0 aromatic heterocycles. The van der Waals surface area contributed by atoms with Gasteiger partial charge in [0.15, 0.2) is 0 Å². The standard InChI is InChI=1S/C27H35ClN2/c1-3-26(30(2)20-22-10-6-4-7-11-22)18-19-27(21-29,23-12-8-5-9-13-23)24-14-16-25(28)17-15-24/h4,6-7,10-11,14-17,23,26H,3,5,8-9,12-13,18-20H2,1-2H3. The van der Waals surface area contributed by atoms with Gasteiger partial charge in [-0.3, -0.25) is 4.90 Å². The van der Waals surface area contributed by atoms with Crippen molar-refractivity contribution in [2.75, 3.05) is 7.05 Å². The number of hydrogen-bond acceptors (Lipinski definition) is 2. The lowest BCUT2D eigenvalue weighted by Gasteiger charge is -2.39. The fraction of sp³-hybridized carbons (Fsp3) is 0.519. The molecule has 2 aromatic carbocycles. The summed E-state index contributed by atoms with van der Waals surface area (Å²) in [5.41, 5.74) is 2.09. The summed E-state index contributed by atoms with van der Waals surface area (Å²) in [5, 5.41) is 11.3. The SMILES string of the molecule is CCC(CCC(C#N)(c1ccc(Cl)cc1)C1CCCCC1)N(C)Cc1ccccc1. The Bertz CT molecular complexity index is 805. The zero-order valence-electron chi connectivity index (χ0n) is 18.5. The van der Waals surface area contributed by atoms with Gasteiger partial charge in [-0.25, -0.2) is 0 Å². The molecule has 1 aliphatic rings. The van der Waals surface area contributed by atoms with Crippen LogP contribution >= 0.6 is 11.6 Å². The number of nitrogens with zero attached hydrogens (tertiary/aromatic N) is 2. The highest BCUT2D eigenvalue weighted by Gasteiger charge is 2.41. The van der Waals surface area contributed by atoms with Crippen molar-refractivity contribution < 1.29 is 0 Å². The summed E-state index contributed by atoms with van der Waals surface area (Å²) in [4.78, 5) is 2.46. The molecular weight excluding hydrogens is 388 g/mol. The Kier molecular flexibility index (Phi) is 8.37. The largest absolute Gasteiger partial charge is 0.299 e. The molecule has 0 saturated heterocycles. The quantitative estimate of drug-likeness (QED) is 0.421. The van der Waals surface area contributed by atoms with E-state index in [1.54, 1.807) is 0 Å². The fourth-order valence-electron chi connectivity index (χ4n) is 5.27. The average Bonchev–Trinajstić information content (AvgIpc) is 2.79. The van der Waals surface area contributed by atoms with Crippen LogP contribution < -0.4 is 0 Å². The summed E-state index contributed by atoms with van der Waals surface area (Å²) in [5.74, 6) is 0.439. The first-order valence-electron chi connectivity index (χ1n) is 11.5. The first-order valence-corrected chi connectivity index (χ1v) is 11.9. The Morgan fingerprint density at radius 2 is 1.73 bits per heavy atom. The van der Waals surface area contributed by atoms with Gasteiger partial charge in [0, 0.05) is 17.6 Å². The Labute approximate surface area is 187 Å². The van der Waals surface area contributed by atoms with Gasteiger partial charge in [0.05, 0.1) is 11.5 Å². The molecule has 2 nitrogen and oxygen atoms in total. The van der Waals surface area contributed by atoms with Gasteiger partial charge in [0.2, 0.25) is 0 Å². The number of hydrogen-bond donors (Lipinski definition) is 0. The minimum absolute atomic E-state index is 0.411. The van der Waals surface area contributed by atoms with Crippen molar-refractivity contribution in [3.8, 4) is 6.07 Å². The first kappa shape index (κ1) is 22.9. The van der Waals surface area contributed by atoms with Crippen LogP contribution in [0.2, 0.25) is 5.02 Å². The molecule has 0 N–H and O–H groups in total. The van der Waals surface area contributed by atoms with Crippen molar-refractivity contribution in [3.63, 3.8) is 0 Å². The van der Waals surface area contributed by atoms with E-state index in [9.17, 15) is 5.26 Å². The molecule has 1 fully saturated rings. The molecule has 0 bridgehead atoms. The van der Waals surface area contributed by atoms with Crippen LogP contribution in [-0.4, -0.2) is 18.0 Å². The molecule has 0 amide bonds. The molecule has 2 aromatic rings. The van der Waals surface area contributed by atoms with Crippen molar-refractivity contribution in [3.05, 3.63) is 70.7 Å². The number of rotatable bonds is 9. The second kappa shape index (κ2) is 11.0. The first-order chi connectivity index (χ1) is 14.6. The van der Waals surface area contributed by atoms with Gasteiger partial charge in [0.1, 0.15) is 0 Å². The lowest BCUT2D eigenvalue weighted by molar-refractivity contribution is 0.179. The Morgan fingerprint density at radius 1 is 1.07 bits per heavy atom. The molecule has 2 unspecified atom stereocenters. The lowest BCUT2D eigenvalue weighted by Crippen LogP contribution is -2.38. The van der Waals surface area contributed by atoms with E-state index < -0.39 is 5.41 Å². The average molecular weight is 423 g/mol. The van der Waals surface area contributed by atoms with Gasteiger partial charge in [-0.2, -0.15) is 5.26 Å². The van der Waals surface area contributed by atoms with E-state index in [1.165, 1.54) is 24.8 Å². The molecular formula is C27H35ClN2. The minimum atomic E-state index is -0.411. The Balaban J connectivity index is 1.79. The van der Waals surface area contributed by atoms with Gasteiger partial charge in [-0.1, -0.05) is 80.3 Å². The van der Waals surface area contributed by atoms with E-state index in [2.05, 4.69) is 67.4 Å². The molecule has 160 valence electrons. The zero-order valence-corrected chi connectivity index (χ0v) is 19.2. The third-order valence-electron chi connectivity index (χ3n) is 7.10. The van der Waals surface area contributed by atoms with E-state index in [-0.39, 0.29) is 0 Å². The monoisotopic (exact) mass is 422 g/mol. The highest BCUT2D eigenvalue weighted by molar-refractivity contribution is 6.30. The molecule has 30 heavy (non-hydrogen) atoms. The van der Waals surface area contributed by atoms with Gasteiger partial charge >= 0.3 is 0 Å². The fourth-order valence-corrected chi connectivity index (χ4v) is 5.40. The van der Waals surface area contributed by atoms with E-state index in [0.29, 0.717) is 12.0 Å². The zero-order chi connectivity index (χ0) is 21.4. The van der Waals surface area contributed by atoms with Gasteiger partial charge < -0.3 is 0 Å². The second-order valence-corrected chi connectivity index (χ2v) is 9.36. The molecule has 0 radical (unpaired) electrons. The van der Waals surface area contributed by atoms with E-state index in [0.717, 1.165) is 49.2 Å². The summed E-state index contributed by atoms with van der Waals surface area (Å²) in [6.45, 7) is 3.21. The maximum absolute atomic E-state index is 10.5. The summed E-state index contributed by atoms with van der Waals surface area (Å²) < 4.78 is 0. The molecule has 2 atom stereocenters. The topological polar surface area (TPSA) is 27.0 Å². The van der Waals surface area contributed by atoms with E-state index >= 15 is 0 Å². The summed E-state index contributed by atoms with van der Waals surface area (Å²) in [6.07, 6.45) is 9.14. The summed E-state index contributed by atoms with van der Waals surface area (Å²) in [7, 11) is 2.22. The van der Waals surface area contributed by atoms with Crippen molar-refractivity contribution in [1.82, 2.24) is 4.90 Å². The minimum Gasteiger partial charge on any atom is -0.299 e. The normalized spacial score (nSPS) is 18.0. The third kappa shape index (κ3) is 5.45. The van der Waals surface area contributed by atoms with Crippen molar-refractivity contribution in [1.29, 1.82) is 5.26 Å². The van der Waals surface area contributed by atoms with Crippen LogP contribution in [0.5, 0.6) is 0 Å². The number of nitriles is 1. The second-order valence-electron chi connectivity index (χ2n) is 8.93. The smallest absolute Gasteiger partial charge is 0.0851 e. The number of halogens is 1. The molecule has 1 aliphatic carbocycles. The van der Waals surface area contributed by atoms with Crippen molar-refractivity contribution in [2.45, 2.75) is 76.3 Å². The maximum atomic E-state index is 10.5. The van der Waals surface area contributed by atoms with Crippen LogP contribution in [0.3, 0.4) is 0 Å². The van der Waals surface area contributed by atoms with Crippen molar-refractivity contribution >= 4 is 11.6 Å². The van der Waals surface area contributed by atoms with Crippen LogP contribution in [0.25, 0.3) is 0 Å². The summed E-state index contributed by atoms with van der Waals surface area (Å²) >= 11 is 6.17. The van der Waals surface area contributed by atoms with Crippen LogP contribution in [0, 0.1) is 17.2 Å². The van der Waals surface area contributed by atoms with Gasteiger partial charge in [-0.15, -0.1) is 0 Å². The molecule has 0 spiro atoms. The van der Waals surface area contributed by atoms with E-state index in [4.69, 9.17) is 11.6 Å². The van der Waals surface area contributed by atoms with Crippen molar-refractivity contribution in [2.24, 2.45) is 5.92 Å². The maximum Gasteiger partial charge on any atom is 0.0851 e. The highest BCUT2D eigenvalue weighted by Crippen LogP contribution is 2.44. The van der Waals surface area contributed by atoms with E-state index in [1.807, 2.05) is 12.1 Å². The predicted octanol–water partition coefficient (Wildman–Crippen LogP) is 7.37. The van der Waals surface area contributed by atoms with Crippen LogP contribution in [0.15, 0.2) is 54.6 Å². The van der Waals surface area contributed by atoms with Crippen LogP contribution in [0.4, 0.5) is 0 Å². The Hall–Kier alpha value is -1.82. The van der Waals surface area contributed by atoms with Crippen LogP contribution in [-0.2, 0) is 12.0 Å². The van der Waals surface area contributed by atoms with Crippen LogP contribution in [0.1, 0.15) is 69.4 Å². The molecule has 1 saturated carbocycles. The highest BCUT2D eigenvalue weighted by atomic mass is 35.5. The molecule has 0 aliphatic heterocycles. The third-order valence-corrected chi connectivity index (χ3v) is 7.35.